The van der Waals surface area contributed by atoms with Gasteiger partial charge in [-0.25, -0.2) is 7.57 Å². The van der Waals surface area contributed by atoms with E-state index in [0.29, 0.717) is 17.5 Å². The Morgan fingerprint density at radius 1 is 1.00 bits per heavy atom. The predicted octanol–water partition coefficient (Wildman–Crippen LogP) is 5.85. The normalized spacial score (nSPS) is 31.2. The first-order valence-electron chi connectivity index (χ1n) is 9.56. The summed E-state index contributed by atoms with van der Waals surface area (Å²) in [7, 11) is 5.03. The third-order valence-electron chi connectivity index (χ3n) is 6.19. The van der Waals surface area contributed by atoms with Crippen molar-refractivity contribution in [1.29, 1.82) is 0 Å². The zero-order valence-corrected chi connectivity index (χ0v) is 16.4. The first-order valence-corrected chi connectivity index (χ1v) is 11.4. The summed E-state index contributed by atoms with van der Waals surface area (Å²) in [4.78, 5) is 0. The van der Waals surface area contributed by atoms with Gasteiger partial charge in [-0.05, 0) is 50.1 Å². The van der Waals surface area contributed by atoms with E-state index in [4.69, 9.17) is 12.1 Å². The molecule has 2 aromatic rings. The molecule has 0 N–H and O–H groups in total. The molecular weight excluding hydrogens is 322 g/mol. The minimum atomic E-state index is -2.21. The molecule has 25 heavy (non-hydrogen) atoms. The van der Waals surface area contributed by atoms with Gasteiger partial charge in [0, 0.05) is 11.1 Å². The molecule has 1 heterocycles. The van der Waals surface area contributed by atoms with Crippen molar-refractivity contribution >= 4 is 20.2 Å². The van der Waals surface area contributed by atoms with E-state index in [1.807, 2.05) is 0 Å². The van der Waals surface area contributed by atoms with E-state index in [-0.39, 0.29) is 0 Å². The Bertz CT molecular complexity index is 774. The highest BCUT2D eigenvalue weighted by Crippen LogP contribution is 2.68. The third-order valence-corrected chi connectivity index (χ3v) is 9.41. The van der Waals surface area contributed by atoms with Gasteiger partial charge in [0.1, 0.15) is 0 Å². The van der Waals surface area contributed by atoms with Crippen LogP contribution in [0, 0.1) is 17.8 Å². The zero-order valence-electron chi connectivity index (χ0n) is 15.5. The quantitative estimate of drug-likeness (QED) is 0.488. The summed E-state index contributed by atoms with van der Waals surface area (Å²) in [5.74, 6) is 2.99. The first-order chi connectivity index (χ1) is 12.0. The number of hydrogen-bond acceptors (Lipinski definition) is 1. The second-order valence-corrected chi connectivity index (χ2v) is 11.0. The summed E-state index contributed by atoms with van der Waals surface area (Å²) in [6.07, 6.45) is 3.77. The van der Waals surface area contributed by atoms with Gasteiger partial charge in [0.25, 0.3) is 0 Å². The molecule has 1 nitrogen and oxygen atoms in total. The van der Waals surface area contributed by atoms with Crippen molar-refractivity contribution < 1.29 is 4.52 Å². The van der Waals surface area contributed by atoms with Crippen LogP contribution >= 0.6 is 7.37 Å². The maximum atomic E-state index is 7.24. The number of para-hydroxylation sites is 1. The largest absolute Gasteiger partial charge is 0.400 e. The molecule has 3 heteroatoms. The molecule has 0 bridgehead atoms. The van der Waals surface area contributed by atoms with Crippen molar-refractivity contribution in [1.82, 2.24) is 0 Å². The van der Waals surface area contributed by atoms with Crippen LogP contribution in [0.1, 0.15) is 40.0 Å². The van der Waals surface area contributed by atoms with Gasteiger partial charge in [-0.1, -0.05) is 63.6 Å². The van der Waals surface area contributed by atoms with Crippen LogP contribution in [-0.4, -0.2) is 13.2 Å². The molecule has 1 unspecified atom stereocenters. The van der Waals surface area contributed by atoms with Crippen LogP contribution in [0.15, 0.2) is 48.5 Å². The SMILES string of the molecule is [B-][P+]1([C@@H]2C[C@H](C)CC[C@H]2C(C)C)Oc2ccccc2-c2ccccc21. The predicted molar refractivity (Wildman–Crippen MR) is 110 cm³/mol. The van der Waals surface area contributed by atoms with Gasteiger partial charge in [0.2, 0.25) is 0 Å². The lowest BCUT2D eigenvalue weighted by molar-refractivity contribution is 0.236. The van der Waals surface area contributed by atoms with E-state index in [9.17, 15) is 0 Å². The molecule has 129 valence electrons. The van der Waals surface area contributed by atoms with Crippen molar-refractivity contribution in [3.8, 4) is 16.9 Å². The molecule has 0 saturated heterocycles. The molecule has 3 radical (unpaired) electrons. The Kier molecular flexibility index (Phi) is 4.44. The lowest BCUT2D eigenvalue weighted by Gasteiger charge is -2.51. The first kappa shape index (κ1) is 17.2. The van der Waals surface area contributed by atoms with Gasteiger partial charge in [0.05, 0.1) is 11.0 Å². The van der Waals surface area contributed by atoms with Gasteiger partial charge >= 0.3 is 0 Å². The summed E-state index contributed by atoms with van der Waals surface area (Å²) >= 11 is 0. The third kappa shape index (κ3) is 2.83. The summed E-state index contributed by atoms with van der Waals surface area (Å²) in [5.41, 5.74) is 2.91. The molecule has 4 atom stereocenters. The Morgan fingerprint density at radius 3 is 2.44 bits per heavy atom. The van der Waals surface area contributed by atoms with Crippen molar-refractivity contribution in [3.63, 3.8) is 0 Å². The lowest BCUT2D eigenvalue weighted by atomic mass is 9.77. The van der Waals surface area contributed by atoms with E-state index in [0.717, 1.165) is 11.7 Å². The van der Waals surface area contributed by atoms with Crippen molar-refractivity contribution in [3.05, 3.63) is 48.5 Å². The fourth-order valence-corrected chi connectivity index (χ4v) is 8.53. The van der Waals surface area contributed by atoms with Crippen LogP contribution < -0.4 is 9.83 Å². The van der Waals surface area contributed by atoms with Crippen molar-refractivity contribution in [2.24, 2.45) is 17.8 Å². The summed E-state index contributed by atoms with van der Waals surface area (Å²) in [6.45, 7) is 7.08. The molecule has 2 aromatic carbocycles. The van der Waals surface area contributed by atoms with Crippen LogP contribution in [0.5, 0.6) is 5.75 Å². The number of hydrogen-bond donors (Lipinski definition) is 0. The highest BCUT2D eigenvalue weighted by atomic mass is 31.2. The van der Waals surface area contributed by atoms with Crippen LogP contribution in [-0.2, 0) is 0 Å². The van der Waals surface area contributed by atoms with E-state index < -0.39 is 7.37 Å². The monoisotopic (exact) mass is 349 g/mol. The minimum absolute atomic E-state index is 0.450. The second-order valence-electron chi connectivity index (χ2n) is 8.21. The Hall–Kier alpha value is -1.27. The average molecular weight is 349 g/mol. The van der Waals surface area contributed by atoms with E-state index in [2.05, 4.69) is 69.3 Å². The molecule has 1 fully saturated rings. The highest BCUT2D eigenvalue weighted by molar-refractivity contribution is 8.00. The van der Waals surface area contributed by atoms with Crippen LogP contribution in [0.25, 0.3) is 11.1 Å². The molecule has 1 saturated carbocycles. The Morgan fingerprint density at radius 2 is 1.68 bits per heavy atom. The Labute approximate surface area is 154 Å². The van der Waals surface area contributed by atoms with Crippen LogP contribution in [0.4, 0.5) is 0 Å². The molecular formula is C22H27BOP. The standard InChI is InChI=1S/C22H27BOP/c1-15(2)17-13-12-16(3)14-22(17)25(23)21-11-7-5-9-19(21)18-8-4-6-10-20(18)24-25/h4-11,15-17,22H,12-14H2,1-3H3/t16-,17+,22-,25?/m1/s1. The fraction of sp³-hybridized carbons (Fsp3) is 0.455. The number of benzene rings is 2. The Balaban J connectivity index is 1.86. The van der Waals surface area contributed by atoms with Crippen molar-refractivity contribution in [2.75, 3.05) is 0 Å². The zero-order chi connectivity index (χ0) is 17.6. The smallest absolute Gasteiger partial charge is 0.174 e. The molecule has 1 aliphatic heterocycles. The molecule has 1 aliphatic carbocycles. The maximum Gasteiger partial charge on any atom is 0.174 e. The van der Waals surface area contributed by atoms with Gasteiger partial charge in [-0.15, -0.1) is 0 Å². The molecule has 2 aliphatic rings. The van der Waals surface area contributed by atoms with Crippen molar-refractivity contribution in [2.45, 2.75) is 45.7 Å². The van der Waals surface area contributed by atoms with E-state index in [1.165, 1.54) is 35.7 Å². The van der Waals surface area contributed by atoms with E-state index in [1.54, 1.807) is 0 Å². The van der Waals surface area contributed by atoms with Gasteiger partial charge in [-0.2, -0.15) is 0 Å². The van der Waals surface area contributed by atoms with Gasteiger partial charge in [0.15, 0.2) is 5.75 Å². The molecule has 0 amide bonds. The van der Waals surface area contributed by atoms with Crippen LogP contribution in [0.2, 0.25) is 0 Å². The second kappa shape index (κ2) is 6.47. The number of fused-ring (bicyclic) bond motifs is 3. The highest BCUT2D eigenvalue weighted by Gasteiger charge is 2.47. The van der Waals surface area contributed by atoms with Gasteiger partial charge in [-0.3, -0.25) is 0 Å². The summed E-state index contributed by atoms with van der Waals surface area (Å²) in [6, 6.07) is 17.1. The van der Waals surface area contributed by atoms with Gasteiger partial charge < -0.3 is 4.52 Å². The molecule has 0 aromatic heterocycles. The average Bonchev–Trinajstić information content (AvgIpc) is 2.62. The molecule has 4 rings (SSSR count). The summed E-state index contributed by atoms with van der Waals surface area (Å²) < 4.78 is 6.70. The molecule has 0 spiro atoms. The van der Waals surface area contributed by atoms with Crippen LogP contribution in [0.3, 0.4) is 0 Å². The lowest BCUT2D eigenvalue weighted by Crippen LogP contribution is -2.41. The summed E-state index contributed by atoms with van der Waals surface area (Å²) in [5, 5.41) is 1.26. The topological polar surface area (TPSA) is 9.23 Å². The van der Waals surface area contributed by atoms with E-state index >= 15 is 0 Å². The maximum absolute atomic E-state index is 7.24. The fourth-order valence-electron chi connectivity index (χ4n) is 4.83. The number of rotatable bonds is 2. The minimum Gasteiger partial charge on any atom is -0.400 e.